The second kappa shape index (κ2) is 14.6. The molecule has 11 aromatic carbocycles. The van der Waals surface area contributed by atoms with Gasteiger partial charge in [-0.25, -0.2) is 0 Å². The van der Waals surface area contributed by atoms with Crippen LogP contribution in [0.1, 0.15) is 22.3 Å². The van der Waals surface area contributed by atoms with Crippen molar-refractivity contribution >= 4 is 49.4 Å². The topological polar surface area (TPSA) is 3.24 Å². The number of anilines is 3. The molecule has 0 N–H and O–H groups in total. The van der Waals surface area contributed by atoms with Gasteiger partial charge < -0.3 is 4.90 Å². The third-order valence-electron chi connectivity index (χ3n) is 13.1. The summed E-state index contributed by atoms with van der Waals surface area (Å²) in [5.41, 5.74) is 15.4. The normalized spacial score (nSPS) is 12.6. The zero-order valence-corrected chi connectivity index (χ0v) is 34.1. The minimum atomic E-state index is -0.510. The Labute approximate surface area is 362 Å². The summed E-state index contributed by atoms with van der Waals surface area (Å²) in [6.45, 7) is 0. The molecule has 0 aromatic heterocycles. The lowest BCUT2D eigenvalue weighted by atomic mass is 9.68. The molecule has 0 amide bonds. The van der Waals surface area contributed by atoms with Crippen molar-refractivity contribution in [2.75, 3.05) is 4.90 Å². The van der Waals surface area contributed by atoms with Crippen LogP contribution in [0.3, 0.4) is 0 Å². The van der Waals surface area contributed by atoms with Gasteiger partial charge in [0.2, 0.25) is 0 Å². The number of rotatable bonds is 7. The summed E-state index contributed by atoms with van der Waals surface area (Å²) in [4.78, 5) is 2.50. The van der Waals surface area contributed by atoms with Crippen molar-refractivity contribution < 1.29 is 0 Å². The smallest absolute Gasteiger partial charge is 0.0714 e. The van der Waals surface area contributed by atoms with E-state index in [9.17, 15) is 0 Å². The third kappa shape index (κ3) is 5.42. The van der Waals surface area contributed by atoms with Gasteiger partial charge in [-0.2, -0.15) is 0 Å². The average molecular weight is 788 g/mol. The summed E-state index contributed by atoms with van der Waals surface area (Å²) in [6.07, 6.45) is 0. The summed E-state index contributed by atoms with van der Waals surface area (Å²) in [5, 5.41) is 7.44. The molecule has 0 atom stereocenters. The van der Waals surface area contributed by atoms with E-state index in [2.05, 4.69) is 254 Å². The average Bonchev–Trinajstić information content (AvgIpc) is 3.66. The summed E-state index contributed by atoms with van der Waals surface area (Å²) < 4.78 is 0. The molecule has 0 saturated carbocycles. The molecule has 0 unspecified atom stereocenters. The molecular weight excluding hydrogens is 747 g/mol. The maximum Gasteiger partial charge on any atom is 0.0714 e. The molecule has 0 spiro atoms. The lowest BCUT2D eigenvalue weighted by Crippen LogP contribution is -2.28. The van der Waals surface area contributed by atoms with Crippen LogP contribution in [0.15, 0.2) is 249 Å². The highest BCUT2D eigenvalue weighted by molar-refractivity contribution is 6.21. The molecule has 11 aromatic rings. The standard InChI is InChI=1S/C61H41N/c1-4-21-43(22-5-1)58-51-31-14-12-29-49(51)50-30-13-15-32-52(50)59(58)44-38-40-47(41-39-44)62(56-36-18-23-42-20-10-11-28-48(42)56)57-37-19-35-55-60(57)53-33-16-17-34-54(53)61(55,45-24-6-2-7-25-45)46-26-8-3-9-27-46/h1-41H. The Morgan fingerprint density at radius 2 is 0.726 bits per heavy atom. The quantitative estimate of drug-likeness (QED) is 0.145. The molecule has 0 heterocycles. The molecule has 12 rings (SSSR count). The molecule has 0 saturated heterocycles. The minimum absolute atomic E-state index is 0.510. The van der Waals surface area contributed by atoms with Crippen molar-refractivity contribution in [1.82, 2.24) is 0 Å². The number of benzene rings is 11. The predicted molar refractivity (Wildman–Crippen MR) is 262 cm³/mol. The lowest BCUT2D eigenvalue weighted by Gasteiger charge is -2.34. The number of fused-ring (bicyclic) bond motifs is 7. The van der Waals surface area contributed by atoms with Crippen LogP contribution in [0.2, 0.25) is 0 Å². The summed E-state index contributed by atoms with van der Waals surface area (Å²) in [5.74, 6) is 0. The molecule has 1 nitrogen and oxygen atoms in total. The molecule has 290 valence electrons. The van der Waals surface area contributed by atoms with Gasteiger partial charge in [0.15, 0.2) is 0 Å². The fraction of sp³-hybridized carbons (Fsp3) is 0.0164. The second-order valence-corrected chi connectivity index (χ2v) is 16.3. The zero-order chi connectivity index (χ0) is 41.0. The minimum Gasteiger partial charge on any atom is -0.309 e. The fourth-order valence-electron chi connectivity index (χ4n) is 10.6. The van der Waals surface area contributed by atoms with Crippen molar-refractivity contribution in [1.29, 1.82) is 0 Å². The Hall–Kier alpha value is -8.00. The van der Waals surface area contributed by atoms with Crippen molar-refractivity contribution in [2.45, 2.75) is 5.41 Å². The second-order valence-electron chi connectivity index (χ2n) is 16.3. The van der Waals surface area contributed by atoms with Gasteiger partial charge >= 0.3 is 0 Å². The van der Waals surface area contributed by atoms with Crippen LogP contribution in [0, 0.1) is 0 Å². The summed E-state index contributed by atoms with van der Waals surface area (Å²) in [7, 11) is 0. The zero-order valence-electron chi connectivity index (χ0n) is 34.1. The van der Waals surface area contributed by atoms with Gasteiger partial charge in [0, 0.05) is 16.6 Å². The Balaban J connectivity index is 1.13. The van der Waals surface area contributed by atoms with E-state index in [0.717, 1.165) is 17.1 Å². The Bertz CT molecular complexity index is 3400. The van der Waals surface area contributed by atoms with E-state index in [4.69, 9.17) is 0 Å². The molecule has 62 heavy (non-hydrogen) atoms. The first-order valence-electron chi connectivity index (χ1n) is 21.5. The SMILES string of the molecule is c1ccc(-c2c(-c3ccc(N(c4cccc5c4-c4ccccc4C5(c4ccccc4)c4ccccc4)c4cccc5ccccc45)cc3)c3ccccc3c3ccccc23)cc1. The molecule has 0 aliphatic heterocycles. The molecule has 1 aliphatic rings. The monoisotopic (exact) mass is 787 g/mol. The van der Waals surface area contributed by atoms with Gasteiger partial charge in [0.25, 0.3) is 0 Å². The highest BCUT2D eigenvalue weighted by Gasteiger charge is 2.47. The van der Waals surface area contributed by atoms with Crippen LogP contribution < -0.4 is 4.90 Å². The van der Waals surface area contributed by atoms with E-state index in [0.29, 0.717) is 0 Å². The van der Waals surface area contributed by atoms with Crippen LogP contribution in [0.25, 0.3) is 65.7 Å². The van der Waals surface area contributed by atoms with Crippen LogP contribution >= 0.6 is 0 Å². The van der Waals surface area contributed by atoms with E-state index < -0.39 is 5.41 Å². The van der Waals surface area contributed by atoms with E-state index >= 15 is 0 Å². The van der Waals surface area contributed by atoms with Crippen LogP contribution in [-0.2, 0) is 5.41 Å². The van der Waals surface area contributed by atoms with Crippen LogP contribution in [0.5, 0.6) is 0 Å². The Morgan fingerprint density at radius 1 is 0.274 bits per heavy atom. The van der Waals surface area contributed by atoms with Gasteiger partial charge in [-0.1, -0.05) is 224 Å². The molecule has 0 radical (unpaired) electrons. The highest BCUT2D eigenvalue weighted by atomic mass is 15.1. The van der Waals surface area contributed by atoms with Crippen molar-refractivity contribution in [2.24, 2.45) is 0 Å². The van der Waals surface area contributed by atoms with Gasteiger partial charge in [-0.3, -0.25) is 0 Å². The first kappa shape index (κ1) is 35.9. The largest absolute Gasteiger partial charge is 0.309 e. The summed E-state index contributed by atoms with van der Waals surface area (Å²) >= 11 is 0. The fourth-order valence-corrected chi connectivity index (χ4v) is 10.6. The third-order valence-corrected chi connectivity index (χ3v) is 13.1. The Morgan fingerprint density at radius 3 is 1.37 bits per heavy atom. The Kier molecular flexibility index (Phi) is 8.47. The molecule has 0 fully saturated rings. The van der Waals surface area contributed by atoms with Crippen molar-refractivity contribution in [3.63, 3.8) is 0 Å². The predicted octanol–water partition coefficient (Wildman–Crippen LogP) is 16.3. The lowest BCUT2D eigenvalue weighted by molar-refractivity contribution is 0.768. The first-order valence-corrected chi connectivity index (χ1v) is 21.5. The van der Waals surface area contributed by atoms with Gasteiger partial charge in [-0.15, -0.1) is 0 Å². The van der Waals surface area contributed by atoms with E-state index in [1.807, 2.05) is 0 Å². The summed E-state index contributed by atoms with van der Waals surface area (Å²) in [6, 6.07) is 91.6. The first-order chi connectivity index (χ1) is 30.8. The van der Waals surface area contributed by atoms with Gasteiger partial charge in [-0.05, 0) is 101 Å². The van der Waals surface area contributed by atoms with Crippen molar-refractivity contribution in [3.8, 4) is 33.4 Å². The number of hydrogen-bond donors (Lipinski definition) is 0. The number of hydrogen-bond acceptors (Lipinski definition) is 1. The van der Waals surface area contributed by atoms with Gasteiger partial charge in [0.1, 0.15) is 0 Å². The van der Waals surface area contributed by atoms with Crippen LogP contribution in [-0.4, -0.2) is 0 Å². The van der Waals surface area contributed by atoms with Crippen LogP contribution in [0.4, 0.5) is 17.1 Å². The van der Waals surface area contributed by atoms with E-state index in [-0.39, 0.29) is 0 Å². The van der Waals surface area contributed by atoms with E-state index in [1.54, 1.807) is 0 Å². The molecule has 1 heteroatoms. The maximum absolute atomic E-state index is 2.50. The molecular formula is C61H41N. The molecule has 1 aliphatic carbocycles. The van der Waals surface area contributed by atoms with Crippen molar-refractivity contribution in [3.05, 3.63) is 271 Å². The highest BCUT2D eigenvalue weighted by Crippen LogP contribution is 2.60. The molecule has 0 bridgehead atoms. The van der Waals surface area contributed by atoms with Gasteiger partial charge in [0.05, 0.1) is 16.8 Å². The van der Waals surface area contributed by atoms with E-state index in [1.165, 1.54) is 88.0 Å². The maximum atomic E-state index is 2.50. The number of nitrogens with zero attached hydrogens (tertiary/aromatic N) is 1.